The second-order valence-corrected chi connectivity index (χ2v) is 4.23. The number of rotatable bonds is 2. The summed E-state index contributed by atoms with van der Waals surface area (Å²) in [6.45, 7) is 0. The summed E-state index contributed by atoms with van der Waals surface area (Å²) in [6.07, 6.45) is 1.69. The van der Waals surface area contributed by atoms with E-state index in [1.54, 1.807) is 7.11 Å². The van der Waals surface area contributed by atoms with Gasteiger partial charge in [0.05, 0.1) is 12.7 Å². The number of hydrogen-bond acceptors (Lipinski definition) is 2. The van der Waals surface area contributed by atoms with Crippen LogP contribution in [0.2, 0.25) is 0 Å². The van der Waals surface area contributed by atoms with Crippen LogP contribution >= 0.6 is 15.9 Å². The average molecular weight is 243 g/mol. The molecule has 1 fully saturated rings. The van der Waals surface area contributed by atoms with E-state index in [0.717, 1.165) is 28.6 Å². The fourth-order valence-electron chi connectivity index (χ4n) is 1.38. The lowest BCUT2D eigenvalue weighted by Gasteiger charge is -2.11. The number of aliphatic hydroxyl groups is 1. The lowest BCUT2D eigenvalue weighted by atomic mass is 10.1. The van der Waals surface area contributed by atoms with Gasteiger partial charge in [-0.25, -0.2) is 0 Å². The summed E-state index contributed by atoms with van der Waals surface area (Å²) in [4.78, 5) is 0. The summed E-state index contributed by atoms with van der Waals surface area (Å²) in [5.41, 5.74) is 0.333. The van der Waals surface area contributed by atoms with Crippen molar-refractivity contribution in [2.75, 3.05) is 7.11 Å². The molecule has 0 unspecified atom stereocenters. The Bertz CT molecular complexity index is 332. The number of methoxy groups -OCH3 is 1. The lowest BCUT2D eigenvalue weighted by Crippen LogP contribution is -2.05. The zero-order valence-corrected chi connectivity index (χ0v) is 8.97. The second-order valence-electron chi connectivity index (χ2n) is 3.38. The van der Waals surface area contributed by atoms with Crippen molar-refractivity contribution < 1.29 is 9.84 Å². The van der Waals surface area contributed by atoms with Gasteiger partial charge < -0.3 is 9.84 Å². The number of benzene rings is 1. The molecular formula is C10H11BrO2. The molecule has 1 aromatic rings. The van der Waals surface area contributed by atoms with Gasteiger partial charge in [0.25, 0.3) is 0 Å². The van der Waals surface area contributed by atoms with Crippen molar-refractivity contribution >= 4 is 15.9 Å². The molecule has 0 spiro atoms. The standard InChI is InChI=1S/C10H11BrO2/c1-13-7-2-3-9(11)8(6-7)10(12)4-5-10/h2-3,6,12H,4-5H2,1H3. The Labute approximate surface area is 85.7 Å². The van der Waals surface area contributed by atoms with Crippen molar-refractivity contribution in [3.05, 3.63) is 28.2 Å². The van der Waals surface area contributed by atoms with Crippen LogP contribution in [0.1, 0.15) is 18.4 Å². The van der Waals surface area contributed by atoms with Crippen LogP contribution in [0.3, 0.4) is 0 Å². The summed E-state index contributed by atoms with van der Waals surface area (Å²) < 4.78 is 6.05. The van der Waals surface area contributed by atoms with Crippen molar-refractivity contribution in [3.63, 3.8) is 0 Å². The van der Waals surface area contributed by atoms with Gasteiger partial charge >= 0.3 is 0 Å². The summed E-state index contributed by atoms with van der Waals surface area (Å²) in [5.74, 6) is 0.790. The maximum Gasteiger partial charge on any atom is 0.119 e. The minimum atomic E-state index is -0.604. The van der Waals surface area contributed by atoms with Gasteiger partial charge in [-0.3, -0.25) is 0 Å². The Balaban J connectivity index is 2.43. The normalized spacial score (nSPS) is 18.4. The van der Waals surface area contributed by atoms with E-state index in [4.69, 9.17) is 4.74 Å². The molecule has 0 bridgehead atoms. The summed E-state index contributed by atoms with van der Waals surface area (Å²) in [7, 11) is 1.63. The molecule has 1 N–H and O–H groups in total. The highest BCUT2D eigenvalue weighted by atomic mass is 79.9. The molecular weight excluding hydrogens is 232 g/mol. The van der Waals surface area contributed by atoms with E-state index in [9.17, 15) is 5.11 Å². The van der Waals surface area contributed by atoms with Crippen molar-refractivity contribution in [2.45, 2.75) is 18.4 Å². The monoisotopic (exact) mass is 242 g/mol. The van der Waals surface area contributed by atoms with Crippen molar-refractivity contribution in [1.82, 2.24) is 0 Å². The molecule has 70 valence electrons. The van der Waals surface area contributed by atoms with Gasteiger partial charge in [0, 0.05) is 10.0 Å². The quantitative estimate of drug-likeness (QED) is 0.864. The number of hydrogen-bond donors (Lipinski definition) is 1. The van der Waals surface area contributed by atoms with E-state index in [0.29, 0.717) is 0 Å². The fourth-order valence-corrected chi connectivity index (χ4v) is 1.99. The summed E-state index contributed by atoms with van der Waals surface area (Å²) >= 11 is 3.42. The Hall–Kier alpha value is -0.540. The van der Waals surface area contributed by atoms with Crippen LogP contribution < -0.4 is 4.74 Å². The summed E-state index contributed by atoms with van der Waals surface area (Å²) in [5, 5.41) is 9.92. The highest BCUT2D eigenvalue weighted by molar-refractivity contribution is 9.10. The van der Waals surface area contributed by atoms with Gasteiger partial charge in [-0.1, -0.05) is 15.9 Å². The highest BCUT2D eigenvalue weighted by Gasteiger charge is 2.43. The largest absolute Gasteiger partial charge is 0.497 e. The van der Waals surface area contributed by atoms with Crippen molar-refractivity contribution in [2.24, 2.45) is 0 Å². The smallest absolute Gasteiger partial charge is 0.119 e. The lowest BCUT2D eigenvalue weighted by molar-refractivity contribution is 0.150. The van der Waals surface area contributed by atoms with Gasteiger partial charge in [0.1, 0.15) is 5.75 Å². The Morgan fingerprint density at radius 3 is 2.69 bits per heavy atom. The molecule has 2 rings (SSSR count). The van der Waals surface area contributed by atoms with E-state index < -0.39 is 5.60 Å². The Kier molecular flexibility index (Phi) is 2.08. The third kappa shape index (κ3) is 1.58. The molecule has 0 aromatic heterocycles. The van der Waals surface area contributed by atoms with Crippen LogP contribution in [0.15, 0.2) is 22.7 Å². The molecule has 0 aliphatic heterocycles. The molecule has 1 saturated carbocycles. The van der Waals surface area contributed by atoms with Crippen molar-refractivity contribution in [3.8, 4) is 5.75 Å². The summed E-state index contributed by atoms with van der Waals surface area (Å²) in [6, 6.07) is 5.67. The molecule has 13 heavy (non-hydrogen) atoms. The van der Waals surface area contributed by atoms with Gasteiger partial charge in [-0.2, -0.15) is 0 Å². The highest BCUT2D eigenvalue weighted by Crippen LogP contribution is 2.48. The zero-order chi connectivity index (χ0) is 9.47. The van der Waals surface area contributed by atoms with E-state index in [2.05, 4.69) is 15.9 Å². The van der Waals surface area contributed by atoms with Crippen molar-refractivity contribution in [1.29, 1.82) is 0 Å². The Morgan fingerprint density at radius 2 is 2.15 bits per heavy atom. The molecule has 0 saturated heterocycles. The van der Waals surface area contributed by atoms with Crippen LogP contribution in [-0.2, 0) is 5.60 Å². The molecule has 0 heterocycles. The van der Waals surface area contributed by atoms with Crippen LogP contribution in [0, 0.1) is 0 Å². The van der Waals surface area contributed by atoms with E-state index in [1.165, 1.54) is 0 Å². The molecule has 1 aromatic carbocycles. The van der Waals surface area contributed by atoms with Gasteiger partial charge in [0.15, 0.2) is 0 Å². The first kappa shape index (κ1) is 9.03. The van der Waals surface area contributed by atoms with E-state index >= 15 is 0 Å². The van der Waals surface area contributed by atoms with Gasteiger partial charge in [-0.05, 0) is 31.0 Å². The molecule has 2 nitrogen and oxygen atoms in total. The molecule has 0 atom stereocenters. The third-order valence-electron chi connectivity index (χ3n) is 2.40. The number of ether oxygens (including phenoxy) is 1. The van der Waals surface area contributed by atoms with Crippen LogP contribution in [-0.4, -0.2) is 12.2 Å². The minimum absolute atomic E-state index is 0.604. The molecule has 1 aliphatic rings. The first-order valence-corrected chi connectivity index (χ1v) is 5.01. The van der Waals surface area contributed by atoms with Gasteiger partial charge in [-0.15, -0.1) is 0 Å². The van der Waals surface area contributed by atoms with Crippen LogP contribution in [0.5, 0.6) is 5.75 Å². The minimum Gasteiger partial charge on any atom is -0.497 e. The third-order valence-corrected chi connectivity index (χ3v) is 3.09. The predicted octanol–water partition coefficient (Wildman–Crippen LogP) is 2.44. The zero-order valence-electron chi connectivity index (χ0n) is 7.38. The van der Waals surface area contributed by atoms with Crippen LogP contribution in [0.25, 0.3) is 0 Å². The average Bonchev–Trinajstić information content (AvgIpc) is 2.86. The van der Waals surface area contributed by atoms with Crippen LogP contribution in [0.4, 0.5) is 0 Å². The molecule has 0 radical (unpaired) electrons. The van der Waals surface area contributed by atoms with E-state index in [1.807, 2.05) is 18.2 Å². The van der Waals surface area contributed by atoms with Gasteiger partial charge in [0.2, 0.25) is 0 Å². The molecule has 3 heteroatoms. The fraction of sp³-hybridized carbons (Fsp3) is 0.400. The maximum absolute atomic E-state index is 9.92. The first-order valence-electron chi connectivity index (χ1n) is 4.22. The number of halogens is 1. The molecule has 1 aliphatic carbocycles. The van der Waals surface area contributed by atoms with E-state index in [-0.39, 0.29) is 0 Å². The first-order chi connectivity index (χ1) is 6.15. The topological polar surface area (TPSA) is 29.5 Å². The predicted molar refractivity (Wildman–Crippen MR) is 53.8 cm³/mol. The SMILES string of the molecule is COc1ccc(Br)c(C2(O)CC2)c1. The second kappa shape index (κ2) is 3.00. The maximum atomic E-state index is 9.92. The Morgan fingerprint density at radius 1 is 1.46 bits per heavy atom. The molecule has 0 amide bonds.